The second kappa shape index (κ2) is 3.89. The summed E-state index contributed by atoms with van der Waals surface area (Å²) in [5.41, 5.74) is 1.09. The van der Waals surface area contributed by atoms with Crippen LogP contribution in [0.2, 0.25) is 5.02 Å². The van der Waals surface area contributed by atoms with Crippen molar-refractivity contribution in [1.82, 2.24) is 0 Å². The SMILES string of the molecule is [C-]#[N+]c1ccc(Cl)cc1C[C-]=O. The lowest BCUT2D eigenvalue weighted by atomic mass is 10.1. The second-order valence-electron chi connectivity index (χ2n) is 2.21. The molecule has 2 nitrogen and oxygen atoms in total. The van der Waals surface area contributed by atoms with E-state index >= 15 is 0 Å². The van der Waals surface area contributed by atoms with Crippen LogP contribution in [0.5, 0.6) is 0 Å². The average Bonchev–Trinajstić information content (AvgIpc) is 2.05. The Morgan fingerprint density at radius 3 is 2.92 bits per heavy atom. The summed E-state index contributed by atoms with van der Waals surface area (Å²) in [6.07, 6.45) is 1.86. The van der Waals surface area contributed by atoms with E-state index in [2.05, 4.69) is 4.85 Å². The summed E-state index contributed by atoms with van der Waals surface area (Å²) in [5.74, 6) is 0. The predicted molar refractivity (Wildman–Crippen MR) is 47.1 cm³/mol. The highest BCUT2D eigenvalue weighted by Gasteiger charge is 1.97. The van der Waals surface area contributed by atoms with Crippen molar-refractivity contribution < 1.29 is 4.79 Å². The molecule has 0 N–H and O–H groups in total. The molecule has 3 heteroatoms. The van der Waals surface area contributed by atoms with Crippen LogP contribution in [0.1, 0.15) is 5.56 Å². The largest absolute Gasteiger partial charge is 0.542 e. The lowest BCUT2D eigenvalue weighted by Gasteiger charge is -2.03. The maximum atomic E-state index is 10.1. The molecule has 1 aromatic carbocycles. The van der Waals surface area contributed by atoms with E-state index in [0.29, 0.717) is 16.3 Å². The van der Waals surface area contributed by atoms with Gasteiger partial charge in [-0.15, -0.1) is 6.42 Å². The van der Waals surface area contributed by atoms with Crippen molar-refractivity contribution in [3.8, 4) is 0 Å². The molecule has 0 aliphatic heterocycles. The molecule has 1 aromatic rings. The zero-order valence-electron chi connectivity index (χ0n) is 6.17. The van der Waals surface area contributed by atoms with Crippen LogP contribution in [0, 0.1) is 6.57 Å². The van der Waals surface area contributed by atoms with Crippen LogP contribution in [-0.4, -0.2) is 6.29 Å². The number of rotatable bonds is 2. The van der Waals surface area contributed by atoms with E-state index in [9.17, 15) is 4.79 Å². The topological polar surface area (TPSA) is 21.4 Å². The lowest BCUT2D eigenvalue weighted by Crippen LogP contribution is -1.85. The van der Waals surface area contributed by atoms with Gasteiger partial charge in [-0.3, -0.25) is 6.29 Å². The van der Waals surface area contributed by atoms with Gasteiger partial charge in [0.2, 0.25) is 0 Å². The van der Waals surface area contributed by atoms with Gasteiger partial charge in [0.05, 0.1) is 6.57 Å². The number of carbonyl (C=O) groups excluding carboxylic acids is 1. The minimum absolute atomic E-state index is 0.123. The molecule has 12 heavy (non-hydrogen) atoms. The van der Waals surface area contributed by atoms with Gasteiger partial charge in [0.25, 0.3) is 0 Å². The molecule has 0 unspecified atom stereocenters. The Balaban J connectivity index is 3.14. The number of hydrogen-bond donors (Lipinski definition) is 0. The van der Waals surface area contributed by atoms with Crippen molar-refractivity contribution in [3.63, 3.8) is 0 Å². The third-order valence-electron chi connectivity index (χ3n) is 1.42. The normalized spacial score (nSPS) is 9.00. The first-order valence-electron chi connectivity index (χ1n) is 3.29. The van der Waals surface area contributed by atoms with Gasteiger partial charge < -0.3 is 4.79 Å². The molecule has 0 bridgehead atoms. The molecule has 60 valence electrons. The zero-order valence-corrected chi connectivity index (χ0v) is 6.93. The minimum Gasteiger partial charge on any atom is -0.542 e. The smallest absolute Gasteiger partial charge is 0.188 e. The van der Waals surface area contributed by atoms with Crippen molar-refractivity contribution in [2.45, 2.75) is 6.42 Å². The molecule has 0 aliphatic carbocycles. The van der Waals surface area contributed by atoms with Crippen molar-refractivity contribution in [2.75, 3.05) is 0 Å². The molecule has 0 aromatic heterocycles. The van der Waals surface area contributed by atoms with E-state index in [1.165, 1.54) is 0 Å². The molecule has 0 heterocycles. The van der Waals surface area contributed by atoms with Crippen LogP contribution < -0.4 is 0 Å². The lowest BCUT2D eigenvalue weighted by molar-refractivity contribution is 0.555. The maximum Gasteiger partial charge on any atom is 0.188 e. The van der Waals surface area contributed by atoms with Gasteiger partial charge in [-0.1, -0.05) is 35.4 Å². The van der Waals surface area contributed by atoms with Crippen molar-refractivity contribution in [2.24, 2.45) is 0 Å². The van der Waals surface area contributed by atoms with E-state index in [-0.39, 0.29) is 6.42 Å². The summed E-state index contributed by atoms with van der Waals surface area (Å²) in [4.78, 5) is 13.3. The first-order chi connectivity index (χ1) is 5.77. The highest BCUT2D eigenvalue weighted by atomic mass is 35.5. The van der Waals surface area contributed by atoms with Crippen LogP contribution in [0.25, 0.3) is 4.85 Å². The molecule has 0 fully saturated rings. The molecule has 0 amide bonds. The van der Waals surface area contributed by atoms with Crippen LogP contribution in [0.15, 0.2) is 18.2 Å². The van der Waals surface area contributed by atoms with Crippen LogP contribution in [0.3, 0.4) is 0 Å². The van der Waals surface area contributed by atoms with Crippen molar-refractivity contribution >= 4 is 23.6 Å². The fraction of sp³-hybridized carbons (Fsp3) is 0.111. The Kier molecular flexibility index (Phi) is 2.84. The monoisotopic (exact) mass is 178 g/mol. The number of nitrogens with zero attached hydrogens (tertiary/aromatic N) is 1. The van der Waals surface area contributed by atoms with E-state index in [4.69, 9.17) is 18.2 Å². The van der Waals surface area contributed by atoms with Crippen molar-refractivity contribution in [1.29, 1.82) is 0 Å². The zero-order chi connectivity index (χ0) is 8.97. The van der Waals surface area contributed by atoms with E-state index in [0.717, 1.165) is 0 Å². The Morgan fingerprint density at radius 2 is 2.33 bits per heavy atom. The van der Waals surface area contributed by atoms with Gasteiger partial charge in [-0.25, -0.2) is 4.85 Å². The fourth-order valence-electron chi connectivity index (χ4n) is 0.882. The summed E-state index contributed by atoms with van der Waals surface area (Å²) in [5, 5.41) is 0.535. The standard InChI is InChI=1S/C9H5ClNO/c1-11-9-3-2-8(10)6-7(9)4-5-12/h2-3,6H,4H2/q-1. The number of hydrogen-bond acceptors (Lipinski definition) is 1. The highest BCUT2D eigenvalue weighted by molar-refractivity contribution is 6.30. The highest BCUT2D eigenvalue weighted by Crippen LogP contribution is 2.22. The van der Waals surface area contributed by atoms with E-state index in [1.807, 2.05) is 0 Å². The quantitative estimate of drug-likeness (QED) is 0.638. The minimum atomic E-state index is 0.123. The van der Waals surface area contributed by atoms with Crippen LogP contribution >= 0.6 is 11.6 Å². The third-order valence-corrected chi connectivity index (χ3v) is 1.66. The van der Waals surface area contributed by atoms with Gasteiger partial charge in [-0.2, -0.15) is 0 Å². The van der Waals surface area contributed by atoms with E-state index < -0.39 is 0 Å². The first kappa shape index (κ1) is 8.76. The molecular formula is C9H5ClNO-. The Bertz CT molecular complexity index is 341. The van der Waals surface area contributed by atoms with Gasteiger partial charge in [0.1, 0.15) is 0 Å². The summed E-state index contributed by atoms with van der Waals surface area (Å²) in [6.45, 7) is 6.79. The molecule has 0 radical (unpaired) electrons. The first-order valence-corrected chi connectivity index (χ1v) is 3.66. The van der Waals surface area contributed by atoms with Gasteiger partial charge >= 0.3 is 0 Å². The number of halogens is 1. The van der Waals surface area contributed by atoms with Gasteiger partial charge in [-0.05, 0) is 0 Å². The van der Waals surface area contributed by atoms with Gasteiger partial charge in [0.15, 0.2) is 5.69 Å². The summed E-state index contributed by atoms with van der Waals surface area (Å²) >= 11 is 5.68. The second-order valence-corrected chi connectivity index (χ2v) is 2.64. The predicted octanol–water partition coefficient (Wildman–Crippen LogP) is 2.54. The molecule has 0 saturated heterocycles. The van der Waals surface area contributed by atoms with Crippen molar-refractivity contribution in [3.05, 3.63) is 40.2 Å². The molecule has 1 rings (SSSR count). The molecule has 0 saturated carbocycles. The van der Waals surface area contributed by atoms with E-state index in [1.54, 1.807) is 24.5 Å². The maximum absolute atomic E-state index is 10.1. The Morgan fingerprint density at radius 1 is 1.58 bits per heavy atom. The third kappa shape index (κ3) is 1.84. The molecule has 0 aliphatic rings. The Labute approximate surface area is 75.6 Å². The number of benzene rings is 1. The summed E-state index contributed by atoms with van der Waals surface area (Å²) in [6, 6.07) is 4.84. The molecular weight excluding hydrogens is 174 g/mol. The summed E-state index contributed by atoms with van der Waals surface area (Å²) < 4.78 is 0. The Hall–Kier alpha value is -1.33. The molecule has 0 atom stereocenters. The van der Waals surface area contributed by atoms with Crippen LogP contribution in [-0.2, 0) is 11.2 Å². The summed E-state index contributed by atoms with van der Waals surface area (Å²) in [7, 11) is 0. The average molecular weight is 179 g/mol. The fourth-order valence-corrected chi connectivity index (χ4v) is 1.08. The van der Waals surface area contributed by atoms with Gasteiger partial charge in [0, 0.05) is 5.02 Å². The molecule has 0 spiro atoms. The van der Waals surface area contributed by atoms with Crippen LogP contribution in [0.4, 0.5) is 5.69 Å².